The second kappa shape index (κ2) is 7.85. The van der Waals surface area contributed by atoms with Gasteiger partial charge in [-0.1, -0.05) is 29.4 Å². The predicted molar refractivity (Wildman–Crippen MR) is 97.1 cm³/mol. The minimum absolute atomic E-state index is 0.0353. The Balaban J connectivity index is 1.69. The van der Waals surface area contributed by atoms with Gasteiger partial charge in [0, 0.05) is 23.7 Å². The average molecular weight is 363 g/mol. The summed E-state index contributed by atoms with van der Waals surface area (Å²) in [4.78, 5) is 11.9. The van der Waals surface area contributed by atoms with Crippen LogP contribution >= 0.6 is 23.4 Å². The molecular formula is C17H19ClN4OS. The van der Waals surface area contributed by atoms with Gasteiger partial charge in [-0.25, -0.2) is 0 Å². The highest BCUT2D eigenvalue weighted by Crippen LogP contribution is 2.28. The maximum Gasteiger partial charge on any atom is 0.230 e. The molecule has 2 aromatic rings. The van der Waals surface area contributed by atoms with Crippen LogP contribution in [-0.2, 0) is 11.3 Å². The summed E-state index contributed by atoms with van der Waals surface area (Å²) in [5.74, 6) is 1.79. The molecule has 1 aromatic heterocycles. The number of aromatic nitrogens is 3. The van der Waals surface area contributed by atoms with Crippen molar-refractivity contribution < 1.29 is 4.79 Å². The summed E-state index contributed by atoms with van der Waals surface area (Å²) < 4.78 is 1.95. The van der Waals surface area contributed by atoms with E-state index in [2.05, 4.69) is 22.1 Å². The van der Waals surface area contributed by atoms with Gasteiger partial charge in [-0.05, 0) is 43.0 Å². The summed E-state index contributed by atoms with van der Waals surface area (Å²) in [6.45, 7) is 5.16. The summed E-state index contributed by atoms with van der Waals surface area (Å²) in [6, 6.07) is 7.45. The standard InChI is InChI=1S/C17H19ClN4OS/c1-2-9-22-16(13-5-7-14(18)8-6-13)20-21-17(22)24-11-15(23)19-10-12-3-4-12/h2,5-8,12H,1,3-4,9-11H2,(H,19,23). The van der Waals surface area contributed by atoms with Crippen molar-refractivity contribution in [3.63, 3.8) is 0 Å². The molecule has 0 saturated heterocycles. The van der Waals surface area contributed by atoms with Crippen LogP contribution in [0.5, 0.6) is 0 Å². The minimum Gasteiger partial charge on any atom is -0.355 e. The summed E-state index contributed by atoms with van der Waals surface area (Å²) in [6.07, 6.45) is 4.25. The normalized spacial score (nSPS) is 13.7. The van der Waals surface area contributed by atoms with Crippen LogP contribution in [0, 0.1) is 5.92 Å². The Kier molecular flexibility index (Phi) is 5.58. The number of halogens is 1. The first-order chi connectivity index (χ1) is 11.7. The molecule has 1 heterocycles. The Morgan fingerprint density at radius 2 is 2.12 bits per heavy atom. The molecular weight excluding hydrogens is 344 g/mol. The number of thioether (sulfide) groups is 1. The zero-order valence-corrected chi connectivity index (χ0v) is 14.8. The van der Waals surface area contributed by atoms with Crippen molar-refractivity contribution in [2.24, 2.45) is 5.92 Å². The van der Waals surface area contributed by atoms with Crippen molar-refractivity contribution in [1.29, 1.82) is 0 Å². The van der Waals surface area contributed by atoms with Gasteiger partial charge in [0.1, 0.15) is 0 Å². The molecule has 0 atom stereocenters. The molecule has 0 radical (unpaired) electrons. The Hall–Kier alpha value is -1.79. The first-order valence-electron chi connectivity index (χ1n) is 7.87. The fourth-order valence-corrected chi connectivity index (χ4v) is 3.17. The van der Waals surface area contributed by atoms with Gasteiger partial charge in [0.15, 0.2) is 11.0 Å². The highest BCUT2D eigenvalue weighted by Gasteiger charge is 2.22. The van der Waals surface area contributed by atoms with Gasteiger partial charge in [-0.3, -0.25) is 9.36 Å². The zero-order valence-electron chi connectivity index (χ0n) is 13.2. The maximum absolute atomic E-state index is 11.9. The number of amides is 1. The molecule has 3 rings (SSSR count). The molecule has 5 nitrogen and oxygen atoms in total. The SMILES string of the molecule is C=CCn1c(SCC(=O)NCC2CC2)nnc1-c1ccc(Cl)cc1. The summed E-state index contributed by atoms with van der Waals surface area (Å²) in [5, 5.41) is 12.8. The van der Waals surface area contributed by atoms with E-state index in [0.717, 1.165) is 17.9 Å². The van der Waals surface area contributed by atoms with Crippen LogP contribution < -0.4 is 5.32 Å². The van der Waals surface area contributed by atoms with Gasteiger partial charge >= 0.3 is 0 Å². The largest absolute Gasteiger partial charge is 0.355 e. The van der Waals surface area contributed by atoms with Gasteiger partial charge in [0.05, 0.1) is 5.75 Å². The van der Waals surface area contributed by atoms with Crippen molar-refractivity contribution in [3.8, 4) is 11.4 Å². The Bertz CT molecular complexity index is 725. The van der Waals surface area contributed by atoms with Crippen molar-refractivity contribution in [3.05, 3.63) is 41.9 Å². The van der Waals surface area contributed by atoms with E-state index >= 15 is 0 Å². The van der Waals surface area contributed by atoms with Crippen LogP contribution in [0.2, 0.25) is 5.02 Å². The fourth-order valence-electron chi connectivity index (χ4n) is 2.26. The molecule has 1 saturated carbocycles. The molecule has 0 bridgehead atoms. The molecule has 1 aliphatic carbocycles. The molecule has 1 amide bonds. The van der Waals surface area contributed by atoms with Crippen molar-refractivity contribution in [2.75, 3.05) is 12.3 Å². The third-order valence-corrected chi connectivity index (χ3v) is 4.97. The minimum atomic E-state index is 0.0353. The van der Waals surface area contributed by atoms with Gasteiger partial charge < -0.3 is 5.32 Å². The smallest absolute Gasteiger partial charge is 0.230 e. The van der Waals surface area contributed by atoms with Crippen molar-refractivity contribution in [2.45, 2.75) is 24.5 Å². The molecule has 0 aliphatic heterocycles. The lowest BCUT2D eigenvalue weighted by Gasteiger charge is -2.08. The molecule has 1 aromatic carbocycles. The van der Waals surface area contributed by atoms with E-state index in [9.17, 15) is 4.79 Å². The Morgan fingerprint density at radius 3 is 2.79 bits per heavy atom. The van der Waals surface area contributed by atoms with Gasteiger partial charge in [-0.15, -0.1) is 16.8 Å². The number of hydrogen-bond donors (Lipinski definition) is 1. The first-order valence-corrected chi connectivity index (χ1v) is 9.23. The van der Waals surface area contributed by atoms with Crippen LogP contribution in [-0.4, -0.2) is 33.0 Å². The van der Waals surface area contributed by atoms with E-state index in [1.807, 2.05) is 28.8 Å². The van der Waals surface area contributed by atoms with E-state index in [1.165, 1.54) is 24.6 Å². The summed E-state index contributed by atoms with van der Waals surface area (Å²) >= 11 is 7.33. The Morgan fingerprint density at radius 1 is 1.38 bits per heavy atom. The van der Waals surface area contributed by atoms with E-state index in [0.29, 0.717) is 28.4 Å². The van der Waals surface area contributed by atoms with Crippen LogP contribution in [0.4, 0.5) is 0 Å². The molecule has 7 heteroatoms. The molecule has 1 aliphatic rings. The summed E-state index contributed by atoms with van der Waals surface area (Å²) in [5.41, 5.74) is 0.929. The topological polar surface area (TPSA) is 59.8 Å². The number of benzene rings is 1. The van der Waals surface area contributed by atoms with E-state index in [-0.39, 0.29) is 5.91 Å². The molecule has 0 spiro atoms. The summed E-state index contributed by atoms with van der Waals surface area (Å²) in [7, 11) is 0. The van der Waals surface area contributed by atoms with Gasteiger partial charge in [0.2, 0.25) is 5.91 Å². The molecule has 1 N–H and O–H groups in total. The second-order valence-corrected chi connectivity index (χ2v) is 7.13. The third kappa shape index (κ3) is 4.39. The van der Waals surface area contributed by atoms with Crippen LogP contribution in [0.25, 0.3) is 11.4 Å². The van der Waals surface area contributed by atoms with Crippen LogP contribution in [0.3, 0.4) is 0 Å². The lowest BCUT2D eigenvalue weighted by atomic mass is 10.2. The highest BCUT2D eigenvalue weighted by atomic mass is 35.5. The Labute approximate surface area is 150 Å². The highest BCUT2D eigenvalue weighted by molar-refractivity contribution is 7.99. The zero-order chi connectivity index (χ0) is 16.9. The van der Waals surface area contributed by atoms with Gasteiger partial charge in [0.25, 0.3) is 0 Å². The average Bonchev–Trinajstić information content (AvgIpc) is 3.33. The van der Waals surface area contributed by atoms with Crippen molar-refractivity contribution >= 4 is 29.3 Å². The van der Waals surface area contributed by atoms with Crippen LogP contribution in [0.1, 0.15) is 12.8 Å². The van der Waals surface area contributed by atoms with Crippen molar-refractivity contribution in [1.82, 2.24) is 20.1 Å². The fraction of sp³-hybridized carbons (Fsp3) is 0.353. The molecule has 1 fully saturated rings. The first kappa shape index (κ1) is 17.0. The number of allylic oxidation sites excluding steroid dienone is 1. The number of carbonyl (C=O) groups is 1. The lowest BCUT2D eigenvalue weighted by molar-refractivity contribution is -0.118. The second-order valence-electron chi connectivity index (χ2n) is 5.75. The lowest BCUT2D eigenvalue weighted by Crippen LogP contribution is -2.27. The number of nitrogens with one attached hydrogen (secondary N) is 1. The predicted octanol–water partition coefficient (Wildman–Crippen LogP) is 3.40. The molecule has 0 unspecified atom stereocenters. The number of carbonyl (C=O) groups excluding carboxylic acids is 1. The monoisotopic (exact) mass is 362 g/mol. The number of nitrogens with zero attached hydrogens (tertiary/aromatic N) is 3. The maximum atomic E-state index is 11.9. The third-order valence-electron chi connectivity index (χ3n) is 3.75. The molecule has 126 valence electrons. The number of rotatable bonds is 8. The van der Waals surface area contributed by atoms with Crippen LogP contribution in [0.15, 0.2) is 42.1 Å². The van der Waals surface area contributed by atoms with Gasteiger partial charge in [-0.2, -0.15) is 0 Å². The quantitative estimate of drug-likeness (QED) is 0.577. The van der Waals surface area contributed by atoms with E-state index in [1.54, 1.807) is 6.08 Å². The number of hydrogen-bond acceptors (Lipinski definition) is 4. The van der Waals surface area contributed by atoms with E-state index < -0.39 is 0 Å². The van der Waals surface area contributed by atoms with E-state index in [4.69, 9.17) is 11.6 Å². The molecule has 24 heavy (non-hydrogen) atoms.